The van der Waals surface area contributed by atoms with Crippen LogP contribution in [0.1, 0.15) is 6.92 Å². The number of piperazine rings is 1. The number of rotatable bonds is 8. The number of hydrogen-bond acceptors (Lipinski definition) is 6. The Balaban J connectivity index is 1.49. The molecule has 0 unspecified atom stereocenters. The third-order valence-electron chi connectivity index (χ3n) is 5.24. The van der Waals surface area contributed by atoms with Gasteiger partial charge in [0.1, 0.15) is 11.5 Å². The standard InChI is InChI=1S/C22H29N3O5S/c1-4-25(31(3,27)28)19-7-11-21(12-8-19)30-17-22(26)24-15-13-23(14-16-24)18-5-9-20(29-2)10-6-18/h5-12H,4,13-17H2,1-3H3. The van der Waals surface area contributed by atoms with E-state index in [1.165, 1.54) is 10.6 Å². The number of benzene rings is 2. The number of carbonyl (C=O) groups is 1. The van der Waals surface area contributed by atoms with Crippen LogP contribution in [0.15, 0.2) is 48.5 Å². The number of anilines is 2. The molecule has 1 fully saturated rings. The summed E-state index contributed by atoms with van der Waals surface area (Å²) in [7, 11) is -1.68. The summed E-state index contributed by atoms with van der Waals surface area (Å²) in [4.78, 5) is 16.6. The van der Waals surface area contributed by atoms with Crippen molar-refractivity contribution in [2.75, 3.05) is 61.9 Å². The monoisotopic (exact) mass is 447 g/mol. The molecule has 0 radical (unpaired) electrons. The number of methoxy groups -OCH3 is 1. The molecule has 0 saturated carbocycles. The summed E-state index contributed by atoms with van der Waals surface area (Å²) in [5.74, 6) is 1.28. The number of carbonyl (C=O) groups excluding carboxylic acids is 1. The van der Waals surface area contributed by atoms with Crippen molar-refractivity contribution in [3.63, 3.8) is 0 Å². The molecule has 1 saturated heterocycles. The summed E-state index contributed by atoms with van der Waals surface area (Å²) in [6, 6.07) is 14.6. The van der Waals surface area contributed by atoms with E-state index in [0.717, 1.165) is 24.5 Å². The van der Waals surface area contributed by atoms with Crippen LogP contribution in [-0.4, -0.2) is 71.9 Å². The topological polar surface area (TPSA) is 79.4 Å². The van der Waals surface area contributed by atoms with Gasteiger partial charge in [-0.1, -0.05) is 0 Å². The molecule has 0 bridgehead atoms. The smallest absolute Gasteiger partial charge is 0.260 e. The van der Waals surface area contributed by atoms with Crippen molar-refractivity contribution in [3.05, 3.63) is 48.5 Å². The Labute approximate surface area is 184 Å². The van der Waals surface area contributed by atoms with Crippen molar-refractivity contribution >= 4 is 27.3 Å². The minimum atomic E-state index is -3.33. The maximum absolute atomic E-state index is 12.5. The molecule has 1 aliphatic heterocycles. The average molecular weight is 448 g/mol. The lowest BCUT2D eigenvalue weighted by Crippen LogP contribution is -2.50. The minimum absolute atomic E-state index is 0.0501. The maximum Gasteiger partial charge on any atom is 0.260 e. The number of sulfonamides is 1. The third kappa shape index (κ3) is 5.81. The average Bonchev–Trinajstić information content (AvgIpc) is 2.78. The quantitative estimate of drug-likeness (QED) is 0.617. The first-order chi connectivity index (χ1) is 14.8. The highest BCUT2D eigenvalue weighted by atomic mass is 32.2. The van der Waals surface area contributed by atoms with E-state index >= 15 is 0 Å². The maximum atomic E-state index is 12.5. The van der Waals surface area contributed by atoms with Gasteiger partial charge < -0.3 is 19.3 Å². The van der Waals surface area contributed by atoms with Gasteiger partial charge in [-0.05, 0) is 55.5 Å². The van der Waals surface area contributed by atoms with Gasteiger partial charge in [0.25, 0.3) is 5.91 Å². The minimum Gasteiger partial charge on any atom is -0.497 e. The molecule has 0 atom stereocenters. The van der Waals surface area contributed by atoms with Crippen molar-refractivity contribution in [3.8, 4) is 11.5 Å². The lowest BCUT2D eigenvalue weighted by Gasteiger charge is -2.36. The fourth-order valence-corrected chi connectivity index (χ4v) is 4.53. The number of hydrogen-bond donors (Lipinski definition) is 0. The molecule has 8 nitrogen and oxygen atoms in total. The van der Waals surface area contributed by atoms with Gasteiger partial charge in [0.2, 0.25) is 10.0 Å². The van der Waals surface area contributed by atoms with Crippen LogP contribution < -0.4 is 18.7 Å². The molecule has 9 heteroatoms. The van der Waals surface area contributed by atoms with Crippen LogP contribution in [-0.2, 0) is 14.8 Å². The van der Waals surface area contributed by atoms with E-state index < -0.39 is 10.0 Å². The molecule has 31 heavy (non-hydrogen) atoms. The van der Waals surface area contributed by atoms with Crippen LogP contribution in [0.3, 0.4) is 0 Å². The first kappa shape index (κ1) is 22.7. The molecular formula is C22H29N3O5S. The fourth-order valence-electron chi connectivity index (χ4n) is 3.56. The Hall–Kier alpha value is -2.94. The first-order valence-corrected chi connectivity index (χ1v) is 12.0. The fraction of sp³-hybridized carbons (Fsp3) is 0.409. The zero-order valence-electron chi connectivity index (χ0n) is 18.2. The Morgan fingerprint density at radius 1 is 0.968 bits per heavy atom. The number of ether oxygens (including phenoxy) is 2. The second-order valence-electron chi connectivity index (χ2n) is 7.28. The van der Waals surface area contributed by atoms with Gasteiger partial charge in [-0.2, -0.15) is 0 Å². The van der Waals surface area contributed by atoms with E-state index in [1.807, 2.05) is 24.3 Å². The van der Waals surface area contributed by atoms with Crippen LogP contribution in [0, 0.1) is 0 Å². The predicted octanol–water partition coefficient (Wildman–Crippen LogP) is 2.21. The van der Waals surface area contributed by atoms with Crippen molar-refractivity contribution in [2.24, 2.45) is 0 Å². The van der Waals surface area contributed by atoms with Gasteiger partial charge >= 0.3 is 0 Å². The second kappa shape index (κ2) is 9.91. The molecule has 1 aliphatic rings. The van der Waals surface area contributed by atoms with Crippen molar-refractivity contribution < 1.29 is 22.7 Å². The van der Waals surface area contributed by atoms with Crippen LogP contribution in [0.25, 0.3) is 0 Å². The van der Waals surface area contributed by atoms with Gasteiger partial charge in [-0.25, -0.2) is 8.42 Å². The van der Waals surface area contributed by atoms with Crippen molar-refractivity contribution in [1.29, 1.82) is 0 Å². The number of amides is 1. The lowest BCUT2D eigenvalue weighted by molar-refractivity contribution is -0.133. The van der Waals surface area contributed by atoms with Gasteiger partial charge in [-0.3, -0.25) is 9.10 Å². The normalized spacial score (nSPS) is 14.3. The zero-order valence-corrected chi connectivity index (χ0v) is 19.0. The molecule has 0 aliphatic carbocycles. The first-order valence-electron chi connectivity index (χ1n) is 10.2. The van der Waals surface area contributed by atoms with Gasteiger partial charge in [0.15, 0.2) is 6.61 Å². The highest BCUT2D eigenvalue weighted by Gasteiger charge is 2.22. The summed E-state index contributed by atoms with van der Waals surface area (Å²) < 4.78 is 35.8. The molecule has 1 heterocycles. The molecule has 168 valence electrons. The van der Waals surface area contributed by atoms with Crippen LogP contribution >= 0.6 is 0 Å². The van der Waals surface area contributed by atoms with E-state index in [4.69, 9.17) is 9.47 Å². The SMILES string of the molecule is CCN(c1ccc(OCC(=O)N2CCN(c3ccc(OC)cc3)CC2)cc1)S(C)(=O)=O. The van der Waals surface area contributed by atoms with Crippen LogP contribution in [0.5, 0.6) is 11.5 Å². The largest absolute Gasteiger partial charge is 0.497 e. The molecule has 2 aromatic carbocycles. The Morgan fingerprint density at radius 2 is 1.55 bits per heavy atom. The summed E-state index contributed by atoms with van der Waals surface area (Å²) >= 11 is 0. The molecule has 1 amide bonds. The van der Waals surface area contributed by atoms with E-state index in [9.17, 15) is 13.2 Å². The number of nitrogens with zero attached hydrogens (tertiary/aromatic N) is 3. The summed E-state index contributed by atoms with van der Waals surface area (Å²) in [6.07, 6.45) is 1.17. The van der Waals surface area contributed by atoms with Gasteiger partial charge in [-0.15, -0.1) is 0 Å². The van der Waals surface area contributed by atoms with Crippen molar-refractivity contribution in [2.45, 2.75) is 6.92 Å². The summed E-state index contributed by atoms with van der Waals surface area (Å²) in [6.45, 7) is 4.85. The van der Waals surface area contributed by atoms with Crippen LogP contribution in [0.4, 0.5) is 11.4 Å². The van der Waals surface area contributed by atoms with Gasteiger partial charge in [0.05, 0.1) is 19.1 Å². The molecule has 0 N–H and O–H groups in total. The Kier molecular flexibility index (Phi) is 7.27. The Bertz CT molecular complexity index is 969. The molecule has 0 spiro atoms. The molecule has 0 aromatic heterocycles. The van der Waals surface area contributed by atoms with E-state index in [0.29, 0.717) is 31.1 Å². The van der Waals surface area contributed by atoms with Crippen molar-refractivity contribution in [1.82, 2.24) is 4.90 Å². The Morgan fingerprint density at radius 3 is 2.06 bits per heavy atom. The summed E-state index contributed by atoms with van der Waals surface area (Å²) in [5.41, 5.74) is 1.68. The third-order valence-corrected chi connectivity index (χ3v) is 6.51. The molecule has 3 rings (SSSR count). The molecular weight excluding hydrogens is 418 g/mol. The predicted molar refractivity (Wildman–Crippen MR) is 122 cm³/mol. The van der Waals surface area contributed by atoms with E-state index in [-0.39, 0.29) is 12.5 Å². The summed E-state index contributed by atoms with van der Waals surface area (Å²) in [5, 5.41) is 0. The lowest BCUT2D eigenvalue weighted by atomic mass is 10.2. The van der Waals surface area contributed by atoms with E-state index in [2.05, 4.69) is 4.90 Å². The van der Waals surface area contributed by atoms with Crippen LogP contribution in [0.2, 0.25) is 0 Å². The highest BCUT2D eigenvalue weighted by Crippen LogP contribution is 2.22. The zero-order chi connectivity index (χ0) is 22.4. The molecule has 2 aromatic rings. The second-order valence-corrected chi connectivity index (χ2v) is 9.18. The highest BCUT2D eigenvalue weighted by molar-refractivity contribution is 7.92. The van der Waals surface area contributed by atoms with Gasteiger partial charge in [0, 0.05) is 38.4 Å². The van der Waals surface area contributed by atoms with E-state index in [1.54, 1.807) is 43.2 Å².